The van der Waals surface area contributed by atoms with E-state index in [1.807, 2.05) is 26.0 Å². The summed E-state index contributed by atoms with van der Waals surface area (Å²) in [6.45, 7) is 8.25. The molecule has 0 saturated heterocycles. The summed E-state index contributed by atoms with van der Waals surface area (Å²) in [5.41, 5.74) is -0.946. The number of nitrogens with zero attached hydrogens (tertiary/aromatic N) is 2. The van der Waals surface area contributed by atoms with Gasteiger partial charge in [0.15, 0.2) is 0 Å². The first-order valence-electron chi connectivity index (χ1n) is 9.55. The number of methoxy groups -OCH3 is 1. The number of hydrogen-bond acceptors (Lipinski definition) is 7. The van der Waals surface area contributed by atoms with Gasteiger partial charge >= 0.3 is 0 Å². The molecule has 1 aliphatic rings. The molecule has 0 aromatic heterocycles. The molecule has 0 heterocycles. The molecule has 152 valence electrons. The molecule has 2 rings (SSSR count). The van der Waals surface area contributed by atoms with Crippen molar-refractivity contribution >= 4 is 0 Å². The van der Waals surface area contributed by atoms with Gasteiger partial charge in [0.25, 0.3) is 5.79 Å². The first-order valence-corrected chi connectivity index (χ1v) is 9.55. The summed E-state index contributed by atoms with van der Waals surface area (Å²) in [7, 11) is 1.58. The van der Waals surface area contributed by atoms with Crippen molar-refractivity contribution in [3.8, 4) is 17.9 Å². The van der Waals surface area contributed by atoms with Gasteiger partial charge in [-0.1, -0.05) is 12.1 Å². The van der Waals surface area contributed by atoms with Crippen LogP contribution in [0.3, 0.4) is 0 Å². The standard InChI is InChI=1S/C21H28N2O5/c1-6-25-20(26-7-2)18(16-10-12-17(24-5)13-11-16)19(14-22,15-23)21(20,27-8-3)28-9-4/h10-13,18H,6-9H2,1-5H3/t18-/m0/s1. The Morgan fingerprint density at radius 2 is 1.29 bits per heavy atom. The minimum Gasteiger partial charge on any atom is -0.497 e. The lowest BCUT2D eigenvalue weighted by atomic mass is 9.49. The fraction of sp³-hybridized carbons (Fsp3) is 0.619. The largest absolute Gasteiger partial charge is 0.497 e. The van der Waals surface area contributed by atoms with Crippen molar-refractivity contribution in [2.75, 3.05) is 33.5 Å². The van der Waals surface area contributed by atoms with Crippen molar-refractivity contribution in [2.45, 2.75) is 45.2 Å². The number of rotatable bonds is 10. The van der Waals surface area contributed by atoms with Crippen molar-refractivity contribution in [1.82, 2.24) is 0 Å². The van der Waals surface area contributed by atoms with E-state index >= 15 is 0 Å². The maximum atomic E-state index is 10.2. The smallest absolute Gasteiger partial charge is 0.258 e. The van der Waals surface area contributed by atoms with E-state index in [1.165, 1.54) is 0 Å². The predicted molar refractivity (Wildman–Crippen MR) is 101 cm³/mol. The molecule has 7 heteroatoms. The van der Waals surface area contributed by atoms with Gasteiger partial charge in [0.05, 0.1) is 25.2 Å². The van der Waals surface area contributed by atoms with Gasteiger partial charge < -0.3 is 23.7 Å². The third-order valence-electron chi connectivity index (χ3n) is 5.01. The number of ether oxygens (including phenoxy) is 5. The van der Waals surface area contributed by atoms with Crippen LogP contribution in [0.25, 0.3) is 0 Å². The van der Waals surface area contributed by atoms with E-state index in [1.54, 1.807) is 33.1 Å². The maximum absolute atomic E-state index is 10.2. The van der Waals surface area contributed by atoms with Crippen LogP contribution >= 0.6 is 0 Å². The van der Waals surface area contributed by atoms with E-state index in [0.717, 1.165) is 0 Å². The Bertz CT molecular complexity index is 709. The van der Waals surface area contributed by atoms with Gasteiger partial charge in [-0.05, 0) is 45.4 Å². The average Bonchev–Trinajstić information content (AvgIpc) is 2.71. The minimum absolute atomic E-state index is 0.225. The van der Waals surface area contributed by atoms with Gasteiger partial charge in [0.1, 0.15) is 5.75 Å². The number of hydrogen-bond donors (Lipinski definition) is 0. The molecule has 1 aromatic carbocycles. The van der Waals surface area contributed by atoms with Crippen molar-refractivity contribution in [2.24, 2.45) is 5.41 Å². The molecule has 7 nitrogen and oxygen atoms in total. The van der Waals surface area contributed by atoms with E-state index in [9.17, 15) is 10.5 Å². The number of nitriles is 2. The molecule has 0 unspecified atom stereocenters. The third kappa shape index (κ3) is 2.87. The summed E-state index contributed by atoms with van der Waals surface area (Å²) >= 11 is 0. The SMILES string of the molecule is CCOC1(OCC)[C@@H](c2ccc(OC)cc2)C(C#N)(C#N)C1(OCC)OCC. The highest BCUT2D eigenvalue weighted by molar-refractivity contribution is 5.48. The number of benzene rings is 1. The molecular weight excluding hydrogens is 360 g/mol. The Hall–Kier alpha value is -2.16. The maximum Gasteiger partial charge on any atom is 0.258 e. The summed E-state index contributed by atoms with van der Waals surface area (Å²) in [4.78, 5) is 0. The molecule has 1 saturated carbocycles. The molecule has 28 heavy (non-hydrogen) atoms. The van der Waals surface area contributed by atoms with Crippen molar-refractivity contribution in [1.29, 1.82) is 10.5 Å². The Balaban J connectivity index is 2.77. The molecule has 1 atom stereocenters. The highest BCUT2D eigenvalue weighted by Gasteiger charge is 2.87. The van der Waals surface area contributed by atoms with Gasteiger partial charge in [-0.3, -0.25) is 0 Å². The topological polar surface area (TPSA) is 93.7 Å². The lowest BCUT2D eigenvalue weighted by molar-refractivity contribution is -0.496. The summed E-state index contributed by atoms with van der Waals surface area (Å²) in [6.07, 6.45) is 0. The molecule has 0 amide bonds. The van der Waals surface area contributed by atoms with Gasteiger partial charge in [0.2, 0.25) is 11.2 Å². The molecule has 1 aromatic rings. The van der Waals surface area contributed by atoms with Crippen LogP contribution in [0, 0.1) is 28.1 Å². The summed E-state index contributed by atoms with van der Waals surface area (Å²) in [5, 5.41) is 20.3. The fourth-order valence-corrected chi connectivity index (χ4v) is 4.13. The highest BCUT2D eigenvalue weighted by Crippen LogP contribution is 2.69. The van der Waals surface area contributed by atoms with E-state index in [0.29, 0.717) is 24.5 Å². The lowest BCUT2D eigenvalue weighted by Crippen LogP contribution is -2.83. The zero-order valence-corrected chi connectivity index (χ0v) is 17.2. The molecule has 0 N–H and O–H groups in total. The summed E-state index contributed by atoms with van der Waals surface area (Å²) in [5.74, 6) is -3.19. The van der Waals surface area contributed by atoms with E-state index in [4.69, 9.17) is 23.7 Å². The predicted octanol–water partition coefficient (Wildman–Crippen LogP) is 3.36. The molecule has 1 fully saturated rings. The van der Waals surface area contributed by atoms with Crippen LogP contribution in [0.2, 0.25) is 0 Å². The highest BCUT2D eigenvalue weighted by atomic mass is 16.8. The van der Waals surface area contributed by atoms with E-state index in [2.05, 4.69) is 12.1 Å². The Kier molecular flexibility index (Phi) is 7.03. The Morgan fingerprint density at radius 1 is 0.821 bits per heavy atom. The Morgan fingerprint density at radius 3 is 1.64 bits per heavy atom. The van der Waals surface area contributed by atoms with E-state index < -0.39 is 22.9 Å². The first kappa shape index (κ1) is 22.1. The van der Waals surface area contributed by atoms with Gasteiger partial charge in [-0.15, -0.1) is 0 Å². The van der Waals surface area contributed by atoms with Gasteiger partial charge in [-0.25, -0.2) is 0 Å². The van der Waals surface area contributed by atoms with Crippen LogP contribution in [-0.4, -0.2) is 45.1 Å². The molecular formula is C21H28N2O5. The van der Waals surface area contributed by atoms with Crippen LogP contribution in [0.4, 0.5) is 0 Å². The zero-order chi connectivity index (χ0) is 20.8. The normalized spacial score (nSPS) is 21.2. The second-order valence-corrected chi connectivity index (χ2v) is 6.25. The van der Waals surface area contributed by atoms with Gasteiger partial charge in [-0.2, -0.15) is 10.5 Å². The molecule has 0 aliphatic heterocycles. The average molecular weight is 388 g/mol. The third-order valence-corrected chi connectivity index (χ3v) is 5.01. The molecule has 0 bridgehead atoms. The first-order chi connectivity index (χ1) is 13.5. The summed E-state index contributed by atoms with van der Waals surface area (Å²) in [6, 6.07) is 11.5. The van der Waals surface area contributed by atoms with Crippen molar-refractivity contribution in [3.63, 3.8) is 0 Å². The van der Waals surface area contributed by atoms with Crippen LogP contribution in [0.1, 0.15) is 39.2 Å². The van der Waals surface area contributed by atoms with Gasteiger partial charge in [0, 0.05) is 26.4 Å². The van der Waals surface area contributed by atoms with Crippen molar-refractivity contribution < 1.29 is 23.7 Å². The zero-order valence-electron chi connectivity index (χ0n) is 17.2. The van der Waals surface area contributed by atoms with E-state index in [-0.39, 0.29) is 13.2 Å². The second-order valence-electron chi connectivity index (χ2n) is 6.25. The molecule has 1 aliphatic carbocycles. The monoisotopic (exact) mass is 388 g/mol. The van der Waals surface area contributed by atoms with Crippen molar-refractivity contribution in [3.05, 3.63) is 29.8 Å². The van der Waals surface area contributed by atoms with Crippen LogP contribution in [0.15, 0.2) is 24.3 Å². The van der Waals surface area contributed by atoms with Crippen LogP contribution in [-0.2, 0) is 18.9 Å². The quantitative estimate of drug-likeness (QED) is 0.567. The van der Waals surface area contributed by atoms with Crippen LogP contribution < -0.4 is 4.74 Å². The fourth-order valence-electron chi connectivity index (χ4n) is 4.13. The second kappa shape index (κ2) is 8.89. The minimum atomic E-state index is -1.68. The molecule has 0 radical (unpaired) electrons. The molecule has 0 spiro atoms. The Labute approximate surface area is 166 Å². The lowest BCUT2D eigenvalue weighted by Gasteiger charge is -2.66. The summed E-state index contributed by atoms with van der Waals surface area (Å²) < 4.78 is 29.4. The van der Waals surface area contributed by atoms with Crippen LogP contribution in [0.5, 0.6) is 5.75 Å².